The lowest BCUT2D eigenvalue weighted by Gasteiger charge is -2.37. The first-order chi connectivity index (χ1) is 16.7. The molecule has 1 atom stereocenters. The van der Waals surface area contributed by atoms with Gasteiger partial charge in [0.05, 0.1) is 12.0 Å². The number of alkyl halides is 3. The van der Waals surface area contributed by atoms with Crippen LogP contribution in [0.1, 0.15) is 30.4 Å². The molecular weight excluding hydrogens is 457 g/mol. The molecule has 2 aliphatic heterocycles. The largest absolute Gasteiger partial charge is 0.416 e. The molecule has 1 aromatic carbocycles. The molecule has 2 aromatic rings. The summed E-state index contributed by atoms with van der Waals surface area (Å²) >= 11 is 0. The number of amides is 2. The Bertz CT molecular complexity index is 1080. The van der Waals surface area contributed by atoms with Gasteiger partial charge in [0.15, 0.2) is 0 Å². The van der Waals surface area contributed by atoms with Gasteiger partial charge in [-0.3, -0.25) is 9.59 Å². The summed E-state index contributed by atoms with van der Waals surface area (Å²) in [6.45, 7) is 4.00. The molecule has 1 spiro atoms. The second kappa shape index (κ2) is 9.17. The molecule has 1 aliphatic carbocycles. The van der Waals surface area contributed by atoms with Crippen LogP contribution in [0.2, 0.25) is 0 Å². The molecule has 1 aromatic heterocycles. The maximum atomic E-state index is 13.2. The van der Waals surface area contributed by atoms with E-state index in [2.05, 4.69) is 9.88 Å². The lowest BCUT2D eigenvalue weighted by atomic mass is 9.90. The van der Waals surface area contributed by atoms with Crippen molar-refractivity contribution < 1.29 is 22.8 Å². The molecule has 2 amide bonds. The van der Waals surface area contributed by atoms with Crippen molar-refractivity contribution >= 4 is 17.6 Å². The minimum atomic E-state index is -4.42. The van der Waals surface area contributed by atoms with Crippen molar-refractivity contribution in [1.82, 2.24) is 14.8 Å². The third kappa shape index (κ3) is 4.99. The lowest BCUT2D eigenvalue weighted by molar-refractivity contribution is -0.138. The Balaban J connectivity index is 1.10. The summed E-state index contributed by atoms with van der Waals surface area (Å²) in [5.74, 6) is 1.01. The second-order valence-corrected chi connectivity index (χ2v) is 9.88. The standard InChI is InChI=1S/C26H29F3N4O2/c27-26(28,29)20-5-3-4-19(16-20)17-23(34)32-10-7-25(8-11-32)18-21(25)24(35)33-14-12-31(13-15-33)22-6-1-2-9-30-22/h1-6,9,16,21H,7-8,10-15,17-18H2/t21-/m1/s1. The molecule has 35 heavy (non-hydrogen) atoms. The fourth-order valence-electron chi connectivity index (χ4n) is 5.51. The van der Waals surface area contributed by atoms with E-state index in [9.17, 15) is 22.8 Å². The Morgan fingerprint density at radius 3 is 2.34 bits per heavy atom. The van der Waals surface area contributed by atoms with Crippen molar-refractivity contribution in [2.75, 3.05) is 44.2 Å². The number of nitrogens with zero attached hydrogens (tertiary/aromatic N) is 4. The normalized spacial score (nSPS) is 21.8. The molecule has 2 saturated heterocycles. The van der Waals surface area contributed by atoms with Gasteiger partial charge in [0.2, 0.25) is 11.8 Å². The van der Waals surface area contributed by atoms with Crippen LogP contribution >= 0.6 is 0 Å². The van der Waals surface area contributed by atoms with Crippen molar-refractivity contribution in [1.29, 1.82) is 0 Å². The van der Waals surface area contributed by atoms with Gasteiger partial charge in [-0.15, -0.1) is 0 Å². The highest BCUT2D eigenvalue weighted by Gasteiger charge is 2.59. The molecule has 0 N–H and O–H groups in total. The van der Waals surface area contributed by atoms with Crippen molar-refractivity contribution in [3.05, 3.63) is 59.8 Å². The predicted molar refractivity (Wildman–Crippen MR) is 125 cm³/mol. The number of likely N-dealkylation sites (tertiary alicyclic amines) is 1. The van der Waals surface area contributed by atoms with Crippen LogP contribution in [0.25, 0.3) is 0 Å². The second-order valence-electron chi connectivity index (χ2n) is 9.88. The molecule has 186 valence electrons. The minimum Gasteiger partial charge on any atom is -0.353 e. The summed E-state index contributed by atoms with van der Waals surface area (Å²) in [6, 6.07) is 10.8. The third-order valence-corrected chi connectivity index (χ3v) is 7.77. The summed E-state index contributed by atoms with van der Waals surface area (Å²) in [7, 11) is 0. The Hall–Kier alpha value is -3.10. The number of hydrogen-bond donors (Lipinski definition) is 0. The first-order valence-electron chi connectivity index (χ1n) is 12.1. The van der Waals surface area contributed by atoms with Gasteiger partial charge in [0, 0.05) is 51.4 Å². The molecule has 6 nitrogen and oxygen atoms in total. The number of halogens is 3. The molecular formula is C26H29F3N4O2. The number of carbonyl (C=O) groups excluding carboxylic acids is 2. The van der Waals surface area contributed by atoms with Crippen LogP contribution in [0, 0.1) is 11.3 Å². The minimum absolute atomic E-state index is 0.0182. The maximum Gasteiger partial charge on any atom is 0.416 e. The summed E-state index contributed by atoms with van der Waals surface area (Å²) in [4.78, 5) is 36.2. The number of aromatic nitrogens is 1. The number of rotatable bonds is 4. The first-order valence-corrected chi connectivity index (χ1v) is 12.1. The number of piperidine rings is 1. The Morgan fingerprint density at radius 2 is 1.69 bits per heavy atom. The highest BCUT2D eigenvalue weighted by molar-refractivity contribution is 5.83. The molecule has 3 fully saturated rings. The molecule has 0 unspecified atom stereocenters. The summed E-state index contributed by atoms with van der Waals surface area (Å²) in [5, 5.41) is 0. The van der Waals surface area contributed by atoms with E-state index in [1.165, 1.54) is 6.07 Å². The topological polar surface area (TPSA) is 56.8 Å². The zero-order chi connectivity index (χ0) is 24.6. The highest BCUT2D eigenvalue weighted by Crippen LogP contribution is 2.60. The maximum absolute atomic E-state index is 13.2. The average molecular weight is 487 g/mol. The fourth-order valence-corrected chi connectivity index (χ4v) is 5.51. The number of carbonyl (C=O) groups is 2. The van der Waals surface area contributed by atoms with Crippen molar-refractivity contribution in [2.24, 2.45) is 11.3 Å². The molecule has 9 heteroatoms. The summed E-state index contributed by atoms with van der Waals surface area (Å²) in [5.41, 5.74) is -0.391. The Labute approximate surface area is 202 Å². The number of benzene rings is 1. The number of anilines is 1. The highest BCUT2D eigenvalue weighted by atomic mass is 19.4. The number of pyridine rings is 1. The van der Waals surface area contributed by atoms with E-state index in [4.69, 9.17) is 0 Å². The zero-order valence-electron chi connectivity index (χ0n) is 19.5. The van der Waals surface area contributed by atoms with Crippen LogP contribution in [0.4, 0.5) is 19.0 Å². The van der Waals surface area contributed by atoms with E-state index < -0.39 is 11.7 Å². The third-order valence-electron chi connectivity index (χ3n) is 7.77. The summed E-state index contributed by atoms with van der Waals surface area (Å²) < 4.78 is 38.9. The van der Waals surface area contributed by atoms with E-state index in [-0.39, 0.29) is 29.6 Å². The molecule has 0 radical (unpaired) electrons. The van der Waals surface area contributed by atoms with E-state index in [1.807, 2.05) is 23.1 Å². The Kier molecular flexibility index (Phi) is 6.19. The van der Waals surface area contributed by atoms with Gasteiger partial charge in [-0.05, 0) is 48.4 Å². The van der Waals surface area contributed by atoms with Gasteiger partial charge >= 0.3 is 6.18 Å². The summed E-state index contributed by atoms with van der Waals surface area (Å²) in [6.07, 6.45) is -0.286. The molecule has 3 aliphatic rings. The van der Waals surface area contributed by atoms with Crippen LogP contribution < -0.4 is 4.90 Å². The molecule has 0 bridgehead atoms. The molecule has 1 saturated carbocycles. The van der Waals surface area contributed by atoms with Crippen molar-refractivity contribution in [3.63, 3.8) is 0 Å². The SMILES string of the molecule is O=C(Cc1cccc(C(F)(F)F)c1)N1CCC2(CC1)C[C@@H]2C(=O)N1CCN(c2ccccn2)CC1. The number of hydrogen-bond acceptors (Lipinski definition) is 4. The van der Waals surface area contributed by atoms with Crippen molar-refractivity contribution in [3.8, 4) is 0 Å². The van der Waals surface area contributed by atoms with Crippen molar-refractivity contribution in [2.45, 2.75) is 31.9 Å². The van der Waals surface area contributed by atoms with Gasteiger partial charge in [0.25, 0.3) is 0 Å². The monoisotopic (exact) mass is 486 g/mol. The van der Waals surface area contributed by atoms with Gasteiger partial charge in [-0.2, -0.15) is 13.2 Å². The predicted octanol–water partition coefficient (Wildman–Crippen LogP) is 3.62. The van der Waals surface area contributed by atoms with Crippen LogP contribution in [0.15, 0.2) is 48.7 Å². The van der Waals surface area contributed by atoms with Gasteiger partial charge in [-0.1, -0.05) is 24.3 Å². The van der Waals surface area contributed by atoms with Crippen LogP contribution in [-0.4, -0.2) is 65.9 Å². The molecule has 5 rings (SSSR count). The fraction of sp³-hybridized carbons (Fsp3) is 0.500. The van der Waals surface area contributed by atoms with Gasteiger partial charge in [0.1, 0.15) is 5.82 Å². The smallest absolute Gasteiger partial charge is 0.353 e. The van der Waals surface area contributed by atoms with Gasteiger partial charge < -0.3 is 14.7 Å². The van der Waals surface area contributed by atoms with E-state index >= 15 is 0 Å². The van der Waals surface area contributed by atoms with Crippen LogP contribution in [-0.2, 0) is 22.2 Å². The lowest BCUT2D eigenvalue weighted by Crippen LogP contribution is -2.50. The Morgan fingerprint density at radius 1 is 0.943 bits per heavy atom. The first kappa shape index (κ1) is 23.6. The number of piperazine rings is 1. The van der Waals surface area contributed by atoms with E-state index in [0.29, 0.717) is 31.7 Å². The zero-order valence-corrected chi connectivity index (χ0v) is 19.5. The van der Waals surface area contributed by atoms with Gasteiger partial charge in [-0.25, -0.2) is 4.98 Å². The quantitative estimate of drug-likeness (QED) is 0.663. The average Bonchev–Trinajstić information content (AvgIpc) is 3.57. The van der Waals surface area contributed by atoms with Crippen LogP contribution in [0.5, 0.6) is 0 Å². The van der Waals surface area contributed by atoms with Crippen LogP contribution in [0.3, 0.4) is 0 Å². The van der Waals surface area contributed by atoms with E-state index in [0.717, 1.165) is 50.3 Å². The molecule has 3 heterocycles. The van der Waals surface area contributed by atoms with E-state index in [1.54, 1.807) is 17.2 Å².